The van der Waals surface area contributed by atoms with E-state index >= 15 is 0 Å². The van der Waals surface area contributed by atoms with E-state index in [-0.39, 0.29) is 12.0 Å². The molecule has 9 heteroatoms. The number of H-pyrrole nitrogens is 1. The van der Waals surface area contributed by atoms with Crippen molar-refractivity contribution < 1.29 is 14.3 Å². The summed E-state index contributed by atoms with van der Waals surface area (Å²) in [6.45, 7) is 8.65. The molecule has 0 aliphatic carbocycles. The van der Waals surface area contributed by atoms with Gasteiger partial charge in [-0.2, -0.15) is 0 Å². The van der Waals surface area contributed by atoms with Crippen LogP contribution in [-0.4, -0.2) is 56.3 Å². The summed E-state index contributed by atoms with van der Waals surface area (Å²) in [5.74, 6) is 1.33. The van der Waals surface area contributed by atoms with Crippen molar-refractivity contribution in [3.63, 3.8) is 0 Å². The highest BCUT2D eigenvalue weighted by Crippen LogP contribution is 2.32. The maximum atomic E-state index is 12.8. The maximum Gasteiger partial charge on any atom is 0.340 e. The van der Waals surface area contributed by atoms with E-state index in [4.69, 9.17) is 9.47 Å². The van der Waals surface area contributed by atoms with Gasteiger partial charge in [0.1, 0.15) is 24.2 Å². The molecule has 1 aliphatic heterocycles. The van der Waals surface area contributed by atoms with Crippen LogP contribution < -0.4 is 9.64 Å². The van der Waals surface area contributed by atoms with Crippen LogP contribution in [0.1, 0.15) is 55.6 Å². The smallest absolute Gasteiger partial charge is 0.340 e. The summed E-state index contributed by atoms with van der Waals surface area (Å²) in [7, 11) is 0. The summed E-state index contributed by atoms with van der Waals surface area (Å²) in [5.41, 5.74) is 4.13. The van der Waals surface area contributed by atoms with Crippen LogP contribution in [0.25, 0.3) is 22.1 Å². The van der Waals surface area contributed by atoms with E-state index in [0.717, 1.165) is 72.5 Å². The number of anilines is 1. The second-order valence-electron chi connectivity index (χ2n) is 8.96. The second-order valence-corrected chi connectivity index (χ2v) is 8.96. The molecule has 184 valence electrons. The van der Waals surface area contributed by atoms with Gasteiger partial charge in [-0.1, -0.05) is 13.3 Å². The third kappa shape index (κ3) is 4.31. The topological polar surface area (TPSA) is 98.2 Å². The zero-order chi connectivity index (χ0) is 24.4. The van der Waals surface area contributed by atoms with E-state index in [9.17, 15) is 4.79 Å². The monoisotopic (exact) mass is 476 g/mol. The molecule has 1 aliphatic rings. The lowest BCUT2D eigenvalue weighted by molar-refractivity contribution is 0.0527. The zero-order valence-electron chi connectivity index (χ0n) is 20.6. The number of hydrogen-bond donors (Lipinski definition) is 1. The van der Waals surface area contributed by atoms with Gasteiger partial charge in [0.05, 0.1) is 24.5 Å². The minimum Gasteiger partial charge on any atom is -0.491 e. The van der Waals surface area contributed by atoms with E-state index in [1.54, 1.807) is 12.7 Å². The zero-order valence-corrected chi connectivity index (χ0v) is 20.6. The van der Waals surface area contributed by atoms with Crippen molar-refractivity contribution in [2.24, 2.45) is 0 Å². The molecule has 0 bridgehead atoms. The summed E-state index contributed by atoms with van der Waals surface area (Å²) < 4.78 is 13.9. The molecule has 35 heavy (non-hydrogen) atoms. The van der Waals surface area contributed by atoms with Gasteiger partial charge in [0.25, 0.3) is 0 Å². The number of imidazole rings is 1. The number of hydrogen-bond acceptors (Lipinski definition) is 7. The van der Waals surface area contributed by atoms with Gasteiger partial charge >= 0.3 is 5.97 Å². The average molecular weight is 477 g/mol. The molecule has 1 atom stereocenters. The van der Waals surface area contributed by atoms with Gasteiger partial charge in [0, 0.05) is 29.7 Å². The summed E-state index contributed by atoms with van der Waals surface area (Å²) in [6.07, 6.45) is 7.43. The SMILES string of the molecule is CCCCn1c(C)c(C(=O)OCC)c2cc(OC[C@H]3CCCN3c3ncnc4nc[nH]c34)ccc21. The van der Waals surface area contributed by atoms with Crippen molar-refractivity contribution >= 4 is 33.9 Å². The number of esters is 1. The van der Waals surface area contributed by atoms with E-state index in [2.05, 4.69) is 42.4 Å². The quantitative estimate of drug-likeness (QED) is 0.351. The highest BCUT2D eigenvalue weighted by Gasteiger charge is 2.29. The Labute approximate surface area is 204 Å². The number of unbranched alkanes of at least 4 members (excludes halogenated alkanes) is 1. The van der Waals surface area contributed by atoms with Crippen LogP contribution in [0.2, 0.25) is 0 Å². The standard InChI is InChI=1S/C26H32N6O3/c1-4-6-11-31-17(3)22(26(33)34-5-2)20-13-19(9-10-21(20)31)35-14-18-8-7-12-32(18)25-23-24(28-15-27-23)29-16-30-25/h9-10,13,15-16,18H,4-8,11-12,14H2,1-3H3,(H,27,28,29,30)/t18-/m1/s1. The van der Waals surface area contributed by atoms with E-state index in [1.165, 1.54) is 0 Å². The number of fused-ring (bicyclic) bond motifs is 2. The Bertz CT molecular complexity index is 1340. The summed E-state index contributed by atoms with van der Waals surface area (Å²) in [6, 6.07) is 6.22. The molecule has 0 spiro atoms. The van der Waals surface area contributed by atoms with Crippen molar-refractivity contribution in [3.8, 4) is 5.75 Å². The van der Waals surface area contributed by atoms with Crippen LogP contribution in [0.4, 0.5) is 5.82 Å². The third-order valence-electron chi connectivity index (χ3n) is 6.80. The number of nitrogens with zero attached hydrogens (tertiary/aromatic N) is 5. The van der Waals surface area contributed by atoms with Crippen LogP contribution in [0.15, 0.2) is 30.9 Å². The lowest BCUT2D eigenvalue weighted by Gasteiger charge is -2.25. The predicted octanol–water partition coefficient (Wildman–Crippen LogP) is 4.64. The first-order valence-electron chi connectivity index (χ1n) is 12.5. The van der Waals surface area contributed by atoms with Crippen molar-refractivity contribution in [2.75, 3.05) is 24.7 Å². The average Bonchev–Trinajstić information content (AvgIpc) is 3.58. The van der Waals surface area contributed by atoms with Crippen LogP contribution in [-0.2, 0) is 11.3 Å². The minimum atomic E-state index is -0.281. The number of aromatic nitrogens is 5. The molecule has 0 unspecified atom stereocenters. The van der Waals surface area contributed by atoms with Crippen molar-refractivity contribution in [1.29, 1.82) is 0 Å². The largest absolute Gasteiger partial charge is 0.491 e. The molecule has 4 aromatic rings. The van der Waals surface area contributed by atoms with Crippen molar-refractivity contribution in [2.45, 2.75) is 59.0 Å². The van der Waals surface area contributed by atoms with E-state index < -0.39 is 0 Å². The van der Waals surface area contributed by atoms with Gasteiger partial charge in [-0.25, -0.2) is 19.7 Å². The predicted molar refractivity (Wildman–Crippen MR) is 135 cm³/mol. The molecular formula is C26H32N6O3. The Morgan fingerprint density at radius 2 is 2.11 bits per heavy atom. The van der Waals surface area contributed by atoms with Gasteiger partial charge in [0.15, 0.2) is 11.5 Å². The van der Waals surface area contributed by atoms with Crippen molar-refractivity contribution in [3.05, 3.63) is 42.1 Å². The van der Waals surface area contributed by atoms with Crippen LogP contribution in [0.3, 0.4) is 0 Å². The van der Waals surface area contributed by atoms with Crippen LogP contribution >= 0.6 is 0 Å². The number of carbonyl (C=O) groups is 1. The Morgan fingerprint density at radius 1 is 1.23 bits per heavy atom. The molecule has 3 aromatic heterocycles. The molecule has 1 fully saturated rings. The third-order valence-corrected chi connectivity index (χ3v) is 6.80. The maximum absolute atomic E-state index is 12.8. The molecule has 9 nitrogen and oxygen atoms in total. The molecule has 0 amide bonds. The number of ether oxygens (including phenoxy) is 2. The lowest BCUT2D eigenvalue weighted by Crippen LogP contribution is -2.35. The summed E-state index contributed by atoms with van der Waals surface area (Å²) in [5, 5.41) is 0.882. The van der Waals surface area contributed by atoms with Crippen molar-refractivity contribution in [1.82, 2.24) is 24.5 Å². The molecule has 0 saturated carbocycles. The first-order valence-corrected chi connectivity index (χ1v) is 12.5. The van der Waals surface area contributed by atoms with Gasteiger partial charge in [-0.3, -0.25) is 0 Å². The molecule has 1 N–H and O–H groups in total. The number of aryl methyl sites for hydroxylation is 1. The number of benzene rings is 1. The van der Waals surface area contributed by atoms with Gasteiger partial charge < -0.3 is 23.9 Å². The Balaban J connectivity index is 1.40. The Hall–Kier alpha value is -3.62. The highest BCUT2D eigenvalue weighted by molar-refractivity contribution is 6.06. The van der Waals surface area contributed by atoms with Crippen LogP contribution in [0.5, 0.6) is 5.75 Å². The molecule has 5 rings (SSSR count). The minimum absolute atomic E-state index is 0.188. The lowest BCUT2D eigenvalue weighted by atomic mass is 10.1. The fraction of sp³-hybridized carbons (Fsp3) is 0.462. The van der Waals surface area contributed by atoms with Crippen LogP contribution in [0, 0.1) is 6.92 Å². The van der Waals surface area contributed by atoms with Gasteiger partial charge in [0.2, 0.25) is 0 Å². The number of aromatic amines is 1. The van der Waals surface area contributed by atoms with Gasteiger partial charge in [-0.05, 0) is 51.3 Å². The summed E-state index contributed by atoms with van der Waals surface area (Å²) in [4.78, 5) is 31.3. The molecule has 1 saturated heterocycles. The molecule has 4 heterocycles. The molecule has 0 radical (unpaired) electrons. The first-order chi connectivity index (χ1) is 17.1. The van der Waals surface area contributed by atoms with E-state index in [1.807, 2.05) is 26.0 Å². The van der Waals surface area contributed by atoms with E-state index in [0.29, 0.717) is 24.4 Å². The summed E-state index contributed by atoms with van der Waals surface area (Å²) >= 11 is 0. The highest BCUT2D eigenvalue weighted by atomic mass is 16.5. The fourth-order valence-electron chi connectivity index (χ4n) is 5.07. The Morgan fingerprint density at radius 3 is 2.94 bits per heavy atom. The Kier molecular flexibility index (Phi) is 6.57. The molecule has 1 aromatic carbocycles. The number of nitrogens with one attached hydrogen (secondary N) is 1. The number of rotatable bonds is 9. The van der Waals surface area contributed by atoms with Gasteiger partial charge in [-0.15, -0.1) is 0 Å². The second kappa shape index (κ2) is 9.93. The molecular weight excluding hydrogens is 444 g/mol. The normalized spacial score (nSPS) is 15.9. The first kappa shape index (κ1) is 23.1. The fourth-order valence-corrected chi connectivity index (χ4v) is 5.07. The number of carbonyl (C=O) groups excluding carboxylic acids is 1.